The zero-order valence-electron chi connectivity index (χ0n) is 12.9. The fraction of sp³-hybridized carbons (Fsp3) is 0.400. The Balaban J connectivity index is 1.94. The average Bonchev–Trinajstić information content (AvgIpc) is 2.73. The summed E-state index contributed by atoms with van der Waals surface area (Å²) in [5.41, 5.74) is 3.97. The van der Waals surface area contributed by atoms with Crippen molar-refractivity contribution in [2.45, 2.75) is 31.3 Å². The van der Waals surface area contributed by atoms with Crippen molar-refractivity contribution >= 4 is 0 Å². The van der Waals surface area contributed by atoms with Crippen molar-refractivity contribution < 1.29 is 5.11 Å². The van der Waals surface area contributed by atoms with Gasteiger partial charge in [0.1, 0.15) is 5.60 Å². The zero-order valence-corrected chi connectivity index (χ0v) is 12.9. The van der Waals surface area contributed by atoms with E-state index in [-0.39, 0.29) is 5.92 Å². The summed E-state index contributed by atoms with van der Waals surface area (Å²) < 4.78 is 0. The van der Waals surface area contributed by atoms with Crippen molar-refractivity contribution in [3.63, 3.8) is 0 Å². The van der Waals surface area contributed by atoms with Crippen LogP contribution in [0.2, 0.25) is 0 Å². The van der Waals surface area contributed by atoms with Gasteiger partial charge in [-0.15, -0.1) is 0 Å². The molecule has 1 heterocycles. The van der Waals surface area contributed by atoms with Gasteiger partial charge in [0, 0.05) is 12.5 Å². The molecule has 2 aromatic carbocycles. The number of hydrogen-bond donors (Lipinski definition) is 2. The van der Waals surface area contributed by atoms with Crippen molar-refractivity contribution in [3.8, 4) is 0 Å². The van der Waals surface area contributed by atoms with Crippen LogP contribution in [0.4, 0.5) is 0 Å². The summed E-state index contributed by atoms with van der Waals surface area (Å²) >= 11 is 0. The van der Waals surface area contributed by atoms with E-state index in [9.17, 15) is 5.11 Å². The normalized spacial score (nSPS) is 23.2. The van der Waals surface area contributed by atoms with Gasteiger partial charge in [0.2, 0.25) is 0 Å². The van der Waals surface area contributed by atoms with Gasteiger partial charge in [-0.25, -0.2) is 0 Å². The second-order valence-corrected chi connectivity index (χ2v) is 6.62. The Morgan fingerprint density at radius 3 is 2.05 bits per heavy atom. The number of fused-ring (bicyclic) bond motifs is 2. The summed E-state index contributed by atoms with van der Waals surface area (Å²) in [5, 5.41) is 15.4. The summed E-state index contributed by atoms with van der Waals surface area (Å²) in [4.78, 5) is 0. The first-order valence-electron chi connectivity index (χ1n) is 8.40. The lowest BCUT2D eigenvalue weighted by Gasteiger charge is -2.40. The molecule has 0 saturated carbocycles. The summed E-state index contributed by atoms with van der Waals surface area (Å²) in [5.74, 6) is 0.238. The minimum atomic E-state index is -0.864. The first-order valence-corrected chi connectivity index (χ1v) is 8.40. The Morgan fingerprint density at radius 1 is 0.909 bits per heavy atom. The second kappa shape index (κ2) is 5.53. The number of hydrogen-bond acceptors (Lipinski definition) is 2. The summed E-state index contributed by atoms with van der Waals surface area (Å²) in [6, 6.07) is 16.9. The standard InChI is InChI=1S/C20H23NO/c22-20(17-8-5-13-21-14-17)18-9-3-1-6-15(18)11-12-16-7-2-4-10-19(16)20/h1-4,6-7,9-10,17,21-22H,5,8,11-14H2/t17-/m0/s1. The van der Waals surface area contributed by atoms with Gasteiger partial charge >= 0.3 is 0 Å². The van der Waals surface area contributed by atoms with E-state index in [0.717, 1.165) is 49.9 Å². The molecule has 2 nitrogen and oxygen atoms in total. The maximum atomic E-state index is 11.9. The fourth-order valence-corrected chi connectivity index (χ4v) is 4.28. The maximum Gasteiger partial charge on any atom is 0.119 e. The predicted molar refractivity (Wildman–Crippen MR) is 88.9 cm³/mol. The largest absolute Gasteiger partial charge is 0.380 e. The molecule has 1 aliphatic heterocycles. The molecule has 0 aromatic heterocycles. The molecule has 4 rings (SSSR count). The molecule has 1 atom stereocenters. The molecule has 0 unspecified atom stereocenters. The van der Waals surface area contributed by atoms with Crippen LogP contribution in [0.15, 0.2) is 48.5 Å². The van der Waals surface area contributed by atoms with Crippen molar-refractivity contribution in [1.29, 1.82) is 0 Å². The third-order valence-electron chi connectivity index (χ3n) is 5.41. The third-order valence-corrected chi connectivity index (χ3v) is 5.41. The van der Waals surface area contributed by atoms with E-state index in [2.05, 4.69) is 53.8 Å². The predicted octanol–water partition coefficient (Wildman–Crippen LogP) is 3.02. The smallest absolute Gasteiger partial charge is 0.119 e. The molecule has 114 valence electrons. The quantitative estimate of drug-likeness (QED) is 0.847. The van der Waals surface area contributed by atoms with Crippen LogP contribution < -0.4 is 5.32 Å². The van der Waals surface area contributed by atoms with Gasteiger partial charge in [0.05, 0.1) is 0 Å². The van der Waals surface area contributed by atoms with Crippen molar-refractivity contribution in [1.82, 2.24) is 5.32 Å². The van der Waals surface area contributed by atoms with E-state index in [0.29, 0.717) is 0 Å². The van der Waals surface area contributed by atoms with Crippen molar-refractivity contribution in [3.05, 3.63) is 70.8 Å². The molecule has 2 heteroatoms. The topological polar surface area (TPSA) is 32.3 Å². The Bertz CT molecular complexity index is 625. The monoisotopic (exact) mass is 293 g/mol. The second-order valence-electron chi connectivity index (χ2n) is 6.62. The van der Waals surface area contributed by atoms with E-state index in [1.807, 2.05) is 0 Å². The highest BCUT2D eigenvalue weighted by Gasteiger charge is 2.43. The molecule has 0 spiro atoms. The minimum absolute atomic E-state index is 0.238. The van der Waals surface area contributed by atoms with Crippen LogP contribution in [0.1, 0.15) is 35.1 Å². The van der Waals surface area contributed by atoms with Gasteiger partial charge < -0.3 is 10.4 Å². The summed E-state index contributed by atoms with van der Waals surface area (Å²) in [6.07, 6.45) is 4.23. The Hall–Kier alpha value is -1.64. The van der Waals surface area contributed by atoms with Gasteiger partial charge in [-0.1, -0.05) is 48.5 Å². The number of aliphatic hydroxyl groups is 1. The number of aryl methyl sites for hydroxylation is 2. The van der Waals surface area contributed by atoms with Crippen LogP contribution in [0, 0.1) is 5.92 Å². The zero-order chi connectivity index (χ0) is 15.0. The van der Waals surface area contributed by atoms with E-state index in [1.54, 1.807) is 0 Å². The fourth-order valence-electron chi connectivity index (χ4n) is 4.28. The van der Waals surface area contributed by atoms with E-state index in [1.165, 1.54) is 11.1 Å². The number of nitrogens with one attached hydrogen (secondary N) is 1. The van der Waals surface area contributed by atoms with Gasteiger partial charge in [-0.2, -0.15) is 0 Å². The van der Waals surface area contributed by atoms with Gasteiger partial charge in [-0.05, 0) is 54.5 Å². The highest BCUT2D eigenvalue weighted by Crippen LogP contribution is 2.44. The van der Waals surface area contributed by atoms with Gasteiger partial charge in [0.25, 0.3) is 0 Å². The molecular weight excluding hydrogens is 270 g/mol. The van der Waals surface area contributed by atoms with Crippen LogP contribution in [0.5, 0.6) is 0 Å². The molecule has 0 bridgehead atoms. The molecule has 1 saturated heterocycles. The molecule has 2 N–H and O–H groups in total. The van der Waals surface area contributed by atoms with Gasteiger partial charge in [0.15, 0.2) is 0 Å². The molecule has 0 radical (unpaired) electrons. The Labute approximate surface area is 132 Å². The Morgan fingerprint density at radius 2 is 1.50 bits per heavy atom. The lowest BCUT2D eigenvalue weighted by molar-refractivity contribution is 0.00490. The van der Waals surface area contributed by atoms with Crippen LogP contribution in [-0.2, 0) is 18.4 Å². The first-order chi connectivity index (χ1) is 10.8. The molecule has 1 fully saturated rings. The Kier molecular flexibility index (Phi) is 3.51. The third kappa shape index (κ3) is 2.10. The summed E-state index contributed by atoms with van der Waals surface area (Å²) in [6.45, 7) is 1.95. The van der Waals surface area contributed by atoms with E-state index < -0.39 is 5.60 Å². The van der Waals surface area contributed by atoms with E-state index >= 15 is 0 Å². The molecule has 1 aliphatic carbocycles. The highest BCUT2D eigenvalue weighted by atomic mass is 16.3. The molecule has 22 heavy (non-hydrogen) atoms. The van der Waals surface area contributed by atoms with Crippen molar-refractivity contribution in [2.75, 3.05) is 13.1 Å². The van der Waals surface area contributed by atoms with Crippen LogP contribution in [0.3, 0.4) is 0 Å². The van der Waals surface area contributed by atoms with Crippen LogP contribution in [0.25, 0.3) is 0 Å². The lowest BCUT2D eigenvalue weighted by atomic mass is 9.71. The summed E-state index contributed by atoms with van der Waals surface area (Å²) in [7, 11) is 0. The van der Waals surface area contributed by atoms with Crippen molar-refractivity contribution in [2.24, 2.45) is 5.92 Å². The molecular formula is C20H23NO. The number of rotatable bonds is 1. The minimum Gasteiger partial charge on any atom is -0.380 e. The first kappa shape index (κ1) is 14.0. The highest BCUT2D eigenvalue weighted by molar-refractivity contribution is 5.48. The maximum absolute atomic E-state index is 11.9. The lowest BCUT2D eigenvalue weighted by Crippen LogP contribution is -2.45. The number of piperidine rings is 1. The SMILES string of the molecule is OC1([C@H]2CCCNC2)c2ccccc2CCc2ccccc21. The van der Waals surface area contributed by atoms with Gasteiger partial charge in [-0.3, -0.25) is 0 Å². The van der Waals surface area contributed by atoms with Crippen LogP contribution in [-0.4, -0.2) is 18.2 Å². The molecule has 0 amide bonds. The molecule has 2 aliphatic rings. The van der Waals surface area contributed by atoms with Crippen LogP contribution >= 0.6 is 0 Å². The molecule has 2 aromatic rings. The average molecular weight is 293 g/mol. The number of benzene rings is 2. The van der Waals surface area contributed by atoms with E-state index in [4.69, 9.17) is 0 Å².